The Bertz CT molecular complexity index is 703. The molecule has 8 nitrogen and oxygen atoms in total. The van der Waals surface area contributed by atoms with Gasteiger partial charge in [0.05, 0.1) is 21.4 Å². The molecule has 1 heterocycles. The fraction of sp³-hybridized carbons (Fsp3) is 0.357. The van der Waals surface area contributed by atoms with E-state index in [-0.39, 0.29) is 28.5 Å². The molecule has 0 aliphatic carbocycles. The summed E-state index contributed by atoms with van der Waals surface area (Å²) >= 11 is 1.02. The van der Waals surface area contributed by atoms with Crippen molar-refractivity contribution in [3.63, 3.8) is 0 Å². The predicted octanol–water partition coefficient (Wildman–Crippen LogP) is 0.412. The number of nitrogens with zero attached hydrogens (tertiary/aromatic N) is 1. The van der Waals surface area contributed by atoms with Gasteiger partial charge >= 0.3 is 0 Å². The molecular formula is C14H13N2O6S-. The maximum Gasteiger partial charge on any atom is 0.292 e. The largest absolute Gasteiger partial charge is 0.545 e. The average molecular weight is 337 g/mol. The van der Waals surface area contributed by atoms with E-state index >= 15 is 0 Å². The summed E-state index contributed by atoms with van der Waals surface area (Å²) in [6, 6.07) is 2.92. The molecule has 2 amide bonds. The fourth-order valence-electron chi connectivity index (χ4n) is 2.32. The highest BCUT2D eigenvalue weighted by atomic mass is 32.2. The van der Waals surface area contributed by atoms with Gasteiger partial charge in [-0.3, -0.25) is 25.0 Å². The van der Waals surface area contributed by atoms with Crippen molar-refractivity contribution in [2.75, 3.05) is 5.75 Å². The van der Waals surface area contributed by atoms with E-state index in [1.165, 1.54) is 19.1 Å². The first kappa shape index (κ1) is 16.9. The van der Waals surface area contributed by atoms with Gasteiger partial charge in [0.2, 0.25) is 11.8 Å². The quantitative estimate of drug-likeness (QED) is 0.356. The van der Waals surface area contributed by atoms with Crippen molar-refractivity contribution in [1.29, 1.82) is 0 Å². The number of nitro groups is 1. The van der Waals surface area contributed by atoms with Crippen LogP contribution in [0.3, 0.4) is 0 Å². The zero-order valence-corrected chi connectivity index (χ0v) is 13.0. The third-order valence-corrected chi connectivity index (χ3v) is 4.74. The average Bonchev–Trinajstić information content (AvgIpc) is 2.46. The molecule has 1 N–H and O–H groups in total. The van der Waals surface area contributed by atoms with Gasteiger partial charge in [-0.15, -0.1) is 11.8 Å². The van der Waals surface area contributed by atoms with Crippen LogP contribution in [0.2, 0.25) is 0 Å². The maximum absolute atomic E-state index is 11.7. The number of hydrogen-bond donors (Lipinski definition) is 1. The molecular weight excluding hydrogens is 324 g/mol. The number of carbonyl (C=O) groups excluding carboxylic acids is 3. The number of rotatable bonds is 5. The van der Waals surface area contributed by atoms with Gasteiger partial charge in [-0.25, -0.2) is 0 Å². The number of nitro benzene ring substituents is 1. The Hall–Kier alpha value is -2.42. The molecule has 1 saturated heterocycles. The number of carboxylic acid groups (broad SMARTS) is 1. The van der Waals surface area contributed by atoms with Gasteiger partial charge < -0.3 is 9.90 Å². The number of imide groups is 1. The number of nitrogens with one attached hydrogen (secondary N) is 1. The lowest BCUT2D eigenvalue weighted by Gasteiger charge is -2.20. The van der Waals surface area contributed by atoms with E-state index in [0.717, 1.165) is 11.8 Å². The van der Waals surface area contributed by atoms with E-state index in [1.54, 1.807) is 0 Å². The first-order valence-corrected chi connectivity index (χ1v) is 7.75. The monoisotopic (exact) mass is 337 g/mol. The van der Waals surface area contributed by atoms with E-state index in [4.69, 9.17) is 0 Å². The van der Waals surface area contributed by atoms with Gasteiger partial charge in [-0.1, -0.05) is 6.07 Å². The Morgan fingerprint density at radius 1 is 1.43 bits per heavy atom. The number of aryl methyl sites for hydroxylation is 1. The van der Waals surface area contributed by atoms with Crippen LogP contribution in [0, 0.1) is 23.0 Å². The summed E-state index contributed by atoms with van der Waals surface area (Å²) in [5, 5.41) is 24.6. The Kier molecular flexibility index (Phi) is 4.99. The lowest BCUT2D eigenvalue weighted by Crippen LogP contribution is -2.41. The molecule has 9 heteroatoms. The van der Waals surface area contributed by atoms with Crippen molar-refractivity contribution in [3.05, 3.63) is 33.4 Å². The van der Waals surface area contributed by atoms with Crippen LogP contribution < -0.4 is 10.4 Å². The first-order chi connectivity index (χ1) is 10.8. The molecule has 1 aliphatic heterocycles. The summed E-state index contributed by atoms with van der Waals surface area (Å²) in [6.07, 6.45) is 0.585. The smallest absolute Gasteiger partial charge is 0.292 e. The van der Waals surface area contributed by atoms with Crippen molar-refractivity contribution in [3.8, 4) is 0 Å². The van der Waals surface area contributed by atoms with Gasteiger partial charge in [0.1, 0.15) is 0 Å². The summed E-state index contributed by atoms with van der Waals surface area (Å²) in [5.74, 6) is -2.60. The molecule has 1 aliphatic rings. The van der Waals surface area contributed by atoms with Crippen molar-refractivity contribution < 1.29 is 24.4 Å². The number of carbonyl (C=O) groups is 3. The topological polar surface area (TPSA) is 129 Å². The second-order valence-corrected chi connectivity index (χ2v) is 6.17. The van der Waals surface area contributed by atoms with E-state index in [2.05, 4.69) is 5.32 Å². The normalized spacial score (nSPS) is 17.7. The van der Waals surface area contributed by atoms with Crippen LogP contribution >= 0.6 is 11.8 Å². The third kappa shape index (κ3) is 3.67. The number of piperidine rings is 1. The Morgan fingerprint density at radius 3 is 2.70 bits per heavy atom. The second kappa shape index (κ2) is 6.78. The highest BCUT2D eigenvalue weighted by Gasteiger charge is 2.28. The molecule has 1 atom stereocenters. The Balaban J connectivity index is 2.25. The van der Waals surface area contributed by atoms with Crippen LogP contribution in [0.1, 0.15) is 28.8 Å². The molecule has 0 spiro atoms. The second-order valence-electron chi connectivity index (χ2n) is 5.11. The van der Waals surface area contributed by atoms with Gasteiger partial charge in [-0.2, -0.15) is 0 Å². The lowest BCUT2D eigenvalue weighted by atomic mass is 10.0. The van der Waals surface area contributed by atoms with Crippen molar-refractivity contribution in [2.45, 2.75) is 24.7 Å². The minimum Gasteiger partial charge on any atom is -0.545 e. The minimum absolute atomic E-state index is 0.157. The fourth-order valence-corrected chi connectivity index (χ4v) is 3.49. The minimum atomic E-state index is -1.61. The molecule has 1 fully saturated rings. The molecule has 1 aromatic carbocycles. The Labute approximate surface area is 135 Å². The van der Waals surface area contributed by atoms with Crippen molar-refractivity contribution in [2.24, 2.45) is 5.92 Å². The van der Waals surface area contributed by atoms with Crippen LogP contribution in [0.15, 0.2) is 17.0 Å². The van der Waals surface area contributed by atoms with E-state index < -0.39 is 34.0 Å². The molecule has 2 rings (SSSR count). The number of thioether (sulfide) groups is 1. The standard InChI is InChI=1S/C14H14N2O6S/c1-7-2-4-9(12(16(21)22)11(7)14(19)20)23-6-8-3-5-10(17)15-13(8)18/h2,4,8H,3,5-6H2,1H3,(H,19,20)(H,15,17,18)/p-1. The van der Waals surface area contributed by atoms with Crippen LogP contribution in [-0.4, -0.2) is 28.5 Å². The maximum atomic E-state index is 11.7. The lowest BCUT2D eigenvalue weighted by molar-refractivity contribution is -0.388. The summed E-state index contributed by atoms with van der Waals surface area (Å²) in [7, 11) is 0. The summed E-state index contributed by atoms with van der Waals surface area (Å²) in [5.41, 5.74) is -0.743. The molecule has 23 heavy (non-hydrogen) atoms. The number of aromatic carboxylic acids is 1. The highest BCUT2D eigenvalue weighted by molar-refractivity contribution is 7.99. The first-order valence-electron chi connectivity index (χ1n) is 6.77. The van der Waals surface area contributed by atoms with Gasteiger partial charge in [-0.05, 0) is 25.0 Å². The zero-order valence-electron chi connectivity index (χ0n) is 12.2. The third-order valence-electron chi connectivity index (χ3n) is 3.53. The molecule has 0 aromatic heterocycles. The van der Waals surface area contributed by atoms with E-state index in [9.17, 15) is 29.6 Å². The van der Waals surface area contributed by atoms with Crippen LogP contribution in [-0.2, 0) is 9.59 Å². The zero-order chi connectivity index (χ0) is 17.1. The molecule has 0 bridgehead atoms. The van der Waals surface area contributed by atoms with Crippen molar-refractivity contribution >= 4 is 35.2 Å². The van der Waals surface area contributed by atoms with Crippen LogP contribution in [0.25, 0.3) is 0 Å². The number of benzene rings is 1. The molecule has 0 saturated carbocycles. The number of carboxylic acids is 1. The predicted molar refractivity (Wildman–Crippen MR) is 78.8 cm³/mol. The summed E-state index contributed by atoms with van der Waals surface area (Å²) in [4.78, 5) is 44.6. The van der Waals surface area contributed by atoms with Gasteiger partial charge in [0, 0.05) is 18.1 Å². The van der Waals surface area contributed by atoms with E-state index in [0.29, 0.717) is 6.42 Å². The molecule has 122 valence electrons. The molecule has 1 aromatic rings. The van der Waals surface area contributed by atoms with Gasteiger partial charge in [0.15, 0.2) is 0 Å². The molecule has 0 radical (unpaired) electrons. The summed E-state index contributed by atoms with van der Waals surface area (Å²) < 4.78 is 0. The SMILES string of the molecule is Cc1ccc(SCC2CCC(=O)NC2=O)c([N+](=O)[O-])c1C(=O)[O-]. The molecule has 1 unspecified atom stereocenters. The number of amides is 2. The van der Waals surface area contributed by atoms with E-state index in [1.807, 2.05) is 0 Å². The Morgan fingerprint density at radius 2 is 2.13 bits per heavy atom. The highest BCUT2D eigenvalue weighted by Crippen LogP contribution is 2.35. The van der Waals surface area contributed by atoms with Crippen molar-refractivity contribution in [1.82, 2.24) is 5.32 Å². The van der Waals surface area contributed by atoms with Crippen LogP contribution in [0.5, 0.6) is 0 Å². The summed E-state index contributed by atoms with van der Waals surface area (Å²) in [6.45, 7) is 1.45. The van der Waals surface area contributed by atoms with Gasteiger partial charge in [0.25, 0.3) is 5.69 Å². The van der Waals surface area contributed by atoms with Crippen LogP contribution in [0.4, 0.5) is 5.69 Å². The number of hydrogen-bond acceptors (Lipinski definition) is 7.